The Bertz CT molecular complexity index is 379. The van der Waals surface area contributed by atoms with Crippen LogP contribution in [0.5, 0.6) is 0 Å². The highest BCUT2D eigenvalue weighted by Gasteiger charge is 2.10. The molecule has 88 valence electrons. The minimum atomic E-state index is -0.0838. The van der Waals surface area contributed by atoms with Crippen molar-refractivity contribution in [3.8, 4) is 0 Å². The van der Waals surface area contributed by atoms with Crippen LogP contribution in [-0.4, -0.2) is 19.1 Å². The molecule has 0 aliphatic carbocycles. The monoisotopic (exact) mass is 241 g/mol. The molecule has 16 heavy (non-hydrogen) atoms. The molecule has 0 aliphatic heterocycles. The second kappa shape index (κ2) is 5.87. The van der Waals surface area contributed by atoms with Crippen molar-refractivity contribution < 1.29 is 9.53 Å². The van der Waals surface area contributed by atoms with Gasteiger partial charge in [0, 0.05) is 17.8 Å². The second-order valence-electron chi connectivity index (χ2n) is 3.71. The van der Waals surface area contributed by atoms with Crippen molar-refractivity contribution in [1.29, 1.82) is 0 Å². The zero-order chi connectivity index (χ0) is 12.1. The van der Waals surface area contributed by atoms with Crippen molar-refractivity contribution in [3.05, 3.63) is 28.8 Å². The second-order valence-corrected chi connectivity index (χ2v) is 4.12. The molecule has 0 bridgehead atoms. The molecule has 0 saturated heterocycles. The number of ether oxygens (including phenoxy) is 1. The third-order valence-corrected chi connectivity index (χ3v) is 2.83. The molecule has 1 rings (SSSR count). The maximum Gasteiger partial charge on any atom is 0.226 e. The molecule has 0 aromatic heterocycles. The normalized spacial score (nSPS) is 12.2. The molecule has 1 N–H and O–H groups in total. The van der Waals surface area contributed by atoms with E-state index in [0.29, 0.717) is 11.4 Å². The van der Waals surface area contributed by atoms with Crippen molar-refractivity contribution in [3.63, 3.8) is 0 Å². The quantitative estimate of drug-likeness (QED) is 0.880. The number of halogens is 1. The number of amides is 1. The van der Waals surface area contributed by atoms with Crippen LogP contribution in [0.2, 0.25) is 5.02 Å². The summed E-state index contributed by atoms with van der Waals surface area (Å²) in [5, 5.41) is 3.46. The number of rotatable bonds is 4. The van der Waals surface area contributed by atoms with E-state index in [0.717, 1.165) is 11.3 Å². The molecular weight excluding hydrogens is 226 g/mol. The highest BCUT2D eigenvalue weighted by molar-refractivity contribution is 6.31. The summed E-state index contributed by atoms with van der Waals surface area (Å²) in [5.41, 5.74) is 1.63. The highest BCUT2D eigenvalue weighted by Crippen LogP contribution is 2.23. The molecular formula is C12H16ClNO2. The van der Waals surface area contributed by atoms with Crippen molar-refractivity contribution >= 4 is 23.2 Å². The van der Waals surface area contributed by atoms with Gasteiger partial charge in [-0.15, -0.1) is 0 Å². The van der Waals surface area contributed by atoms with Gasteiger partial charge < -0.3 is 10.1 Å². The number of hydrogen-bond acceptors (Lipinski definition) is 2. The van der Waals surface area contributed by atoms with Crippen LogP contribution in [0.1, 0.15) is 18.9 Å². The minimum Gasteiger partial charge on any atom is -0.381 e. The Morgan fingerprint density at radius 3 is 2.88 bits per heavy atom. The molecule has 0 fully saturated rings. The molecule has 1 atom stereocenters. The number of nitrogens with one attached hydrogen (secondary N) is 1. The van der Waals surface area contributed by atoms with Crippen LogP contribution < -0.4 is 5.32 Å². The van der Waals surface area contributed by atoms with E-state index in [2.05, 4.69) is 5.32 Å². The smallest absolute Gasteiger partial charge is 0.226 e. The Morgan fingerprint density at radius 1 is 1.56 bits per heavy atom. The lowest BCUT2D eigenvalue weighted by Gasteiger charge is -2.12. The lowest BCUT2D eigenvalue weighted by Crippen LogP contribution is -2.19. The average Bonchev–Trinajstić information content (AvgIpc) is 2.24. The van der Waals surface area contributed by atoms with Crippen LogP contribution in [0, 0.1) is 6.92 Å². The predicted octanol–water partition coefficient (Wildman–Crippen LogP) is 3.01. The summed E-state index contributed by atoms with van der Waals surface area (Å²) in [6, 6.07) is 5.44. The van der Waals surface area contributed by atoms with Gasteiger partial charge in [0.2, 0.25) is 5.91 Å². The summed E-state index contributed by atoms with van der Waals surface area (Å²) < 4.78 is 5.03. The van der Waals surface area contributed by atoms with Gasteiger partial charge >= 0.3 is 0 Å². The van der Waals surface area contributed by atoms with E-state index in [1.165, 1.54) is 0 Å². The lowest BCUT2D eigenvalue weighted by atomic mass is 10.2. The van der Waals surface area contributed by atoms with Crippen LogP contribution in [0.25, 0.3) is 0 Å². The third kappa shape index (κ3) is 3.51. The van der Waals surface area contributed by atoms with Gasteiger partial charge in [0.25, 0.3) is 0 Å². The highest BCUT2D eigenvalue weighted by atomic mass is 35.5. The molecule has 0 aliphatic rings. The van der Waals surface area contributed by atoms with Crippen LogP contribution >= 0.6 is 11.6 Å². The number of methoxy groups -OCH3 is 1. The van der Waals surface area contributed by atoms with Crippen molar-refractivity contribution in [2.45, 2.75) is 26.4 Å². The van der Waals surface area contributed by atoms with E-state index >= 15 is 0 Å². The first kappa shape index (κ1) is 13.0. The van der Waals surface area contributed by atoms with Gasteiger partial charge in [-0.3, -0.25) is 4.79 Å². The standard InChI is InChI=1S/C12H16ClNO2/c1-8(16-3)7-12(15)14-11-6-4-5-10(13)9(11)2/h4-6,8H,7H2,1-3H3,(H,14,15)/t8-/m1/s1. The largest absolute Gasteiger partial charge is 0.381 e. The van der Waals surface area contributed by atoms with E-state index in [9.17, 15) is 4.79 Å². The fourth-order valence-corrected chi connectivity index (χ4v) is 1.46. The van der Waals surface area contributed by atoms with E-state index in [1.54, 1.807) is 13.2 Å². The van der Waals surface area contributed by atoms with E-state index in [4.69, 9.17) is 16.3 Å². The lowest BCUT2D eigenvalue weighted by molar-refractivity contribution is -0.118. The topological polar surface area (TPSA) is 38.3 Å². The SMILES string of the molecule is CO[C@H](C)CC(=O)Nc1cccc(Cl)c1C. The molecule has 0 saturated carbocycles. The van der Waals surface area contributed by atoms with Gasteiger partial charge in [0.05, 0.1) is 12.5 Å². The van der Waals surface area contributed by atoms with Crippen LogP contribution in [0.4, 0.5) is 5.69 Å². The first-order chi connectivity index (χ1) is 7.54. The fourth-order valence-electron chi connectivity index (χ4n) is 1.29. The molecule has 3 nitrogen and oxygen atoms in total. The molecule has 0 unspecified atom stereocenters. The first-order valence-electron chi connectivity index (χ1n) is 5.12. The third-order valence-electron chi connectivity index (χ3n) is 2.42. The Kier molecular flexibility index (Phi) is 4.77. The van der Waals surface area contributed by atoms with Gasteiger partial charge in [0.15, 0.2) is 0 Å². The van der Waals surface area contributed by atoms with Crippen LogP contribution in [-0.2, 0) is 9.53 Å². The van der Waals surface area contributed by atoms with Gasteiger partial charge in [-0.1, -0.05) is 17.7 Å². The number of benzene rings is 1. The number of anilines is 1. The molecule has 0 heterocycles. The summed E-state index contributed by atoms with van der Waals surface area (Å²) in [6.07, 6.45) is 0.252. The van der Waals surface area contributed by atoms with Crippen molar-refractivity contribution in [1.82, 2.24) is 0 Å². The summed E-state index contributed by atoms with van der Waals surface area (Å²) >= 11 is 5.95. The van der Waals surface area contributed by atoms with E-state index < -0.39 is 0 Å². The summed E-state index contributed by atoms with van der Waals surface area (Å²) in [6.45, 7) is 3.72. The Hall–Kier alpha value is -1.06. The van der Waals surface area contributed by atoms with Gasteiger partial charge in [-0.05, 0) is 31.5 Å². The first-order valence-corrected chi connectivity index (χ1v) is 5.50. The minimum absolute atomic E-state index is 0.0697. The molecule has 1 aromatic rings. The Balaban J connectivity index is 2.66. The van der Waals surface area contributed by atoms with Gasteiger partial charge in [-0.25, -0.2) is 0 Å². The fraction of sp³-hybridized carbons (Fsp3) is 0.417. The van der Waals surface area contributed by atoms with Gasteiger partial charge in [0.1, 0.15) is 0 Å². The maximum atomic E-state index is 11.6. The zero-order valence-electron chi connectivity index (χ0n) is 9.71. The summed E-state index contributed by atoms with van der Waals surface area (Å²) in [5.74, 6) is -0.0697. The van der Waals surface area contributed by atoms with Crippen LogP contribution in [0.15, 0.2) is 18.2 Å². The van der Waals surface area contributed by atoms with Crippen molar-refractivity contribution in [2.75, 3.05) is 12.4 Å². The molecule has 0 spiro atoms. The zero-order valence-corrected chi connectivity index (χ0v) is 10.5. The van der Waals surface area contributed by atoms with E-state index in [-0.39, 0.29) is 12.0 Å². The average molecular weight is 242 g/mol. The Labute approximate surface area is 101 Å². The molecule has 1 amide bonds. The summed E-state index contributed by atoms with van der Waals surface area (Å²) in [7, 11) is 1.59. The molecule has 4 heteroatoms. The number of hydrogen-bond donors (Lipinski definition) is 1. The predicted molar refractivity (Wildman–Crippen MR) is 65.9 cm³/mol. The van der Waals surface area contributed by atoms with Crippen molar-refractivity contribution in [2.24, 2.45) is 0 Å². The molecule has 0 radical (unpaired) electrons. The summed E-state index contributed by atoms with van der Waals surface area (Å²) in [4.78, 5) is 11.6. The van der Waals surface area contributed by atoms with Gasteiger partial charge in [-0.2, -0.15) is 0 Å². The van der Waals surface area contributed by atoms with E-state index in [1.807, 2.05) is 26.0 Å². The number of carbonyl (C=O) groups is 1. The Morgan fingerprint density at radius 2 is 2.25 bits per heavy atom. The van der Waals surface area contributed by atoms with Crippen LogP contribution in [0.3, 0.4) is 0 Å². The molecule has 1 aromatic carbocycles. The number of carbonyl (C=O) groups excluding carboxylic acids is 1. The maximum absolute atomic E-state index is 11.6.